The Bertz CT molecular complexity index is 808. The van der Waals surface area contributed by atoms with Crippen LogP contribution >= 0.6 is 0 Å². The molecule has 3 rings (SSSR count). The third-order valence-electron chi connectivity index (χ3n) is 3.66. The molecule has 0 spiro atoms. The van der Waals surface area contributed by atoms with Gasteiger partial charge in [0.25, 0.3) is 0 Å². The van der Waals surface area contributed by atoms with Crippen molar-refractivity contribution in [3.63, 3.8) is 0 Å². The summed E-state index contributed by atoms with van der Waals surface area (Å²) in [5.41, 5.74) is 1.61. The number of aryl methyl sites for hydroxylation is 1. The Balaban J connectivity index is 2.30. The molecule has 0 saturated heterocycles. The van der Waals surface area contributed by atoms with Crippen LogP contribution in [-0.2, 0) is 12.6 Å². The van der Waals surface area contributed by atoms with Gasteiger partial charge in [0.05, 0.1) is 16.8 Å². The summed E-state index contributed by atoms with van der Waals surface area (Å²) in [6.07, 6.45) is -3.72. The standard InChI is InChI=1S/C18H14F3N/c1-2-12-8-9-16-14(10-12)15(18(19,20)21)11-17(22-16)13-6-4-3-5-7-13/h3-11H,2H2,1H3. The topological polar surface area (TPSA) is 12.9 Å². The minimum absolute atomic E-state index is 0.159. The molecule has 0 saturated carbocycles. The summed E-state index contributed by atoms with van der Waals surface area (Å²) in [6.45, 7) is 1.92. The first kappa shape index (κ1) is 14.6. The molecule has 1 aromatic heterocycles. The van der Waals surface area contributed by atoms with E-state index < -0.39 is 11.7 Å². The average Bonchev–Trinajstić information content (AvgIpc) is 2.53. The number of halogens is 3. The van der Waals surface area contributed by atoms with Crippen molar-refractivity contribution in [3.8, 4) is 11.3 Å². The fraction of sp³-hybridized carbons (Fsp3) is 0.167. The molecule has 0 aliphatic rings. The summed E-state index contributed by atoms with van der Waals surface area (Å²) in [5, 5.41) is 0.159. The third-order valence-corrected chi connectivity index (χ3v) is 3.66. The van der Waals surface area contributed by atoms with Crippen LogP contribution in [0.1, 0.15) is 18.1 Å². The molecule has 1 heterocycles. The number of rotatable bonds is 2. The van der Waals surface area contributed by atoms with Crippen molar-refractivity contribution in [1.82, 2.24) is 4.98 Å². The Morgan fingerprint density at radius 1 is 0.955 bits per heavy atom. The van der Waals surface area contributed by atoms with Gasteiger partial charge in [-0.15, -0.1) is 0 Å². The third kappa shape index (κ3) is 2.69. The highest BCUT2D eigenvalue weighted by atomic mass is 19.4. The summed E-state index contributed by atoms with van der Waals surface area (Å²) < 4.78 is 40.3. The van der Waals surface area contributed by atoms with Crippen molar-refractivity contribution in [2.45, 2.75) is 19.5 Å². The van der Waals surface area contributed by atoms with Crippen LogP contribution in [0.4, 0.5) is 13.2 Å². The van der Waals surface area contributed by atoms with Crippen molar-refractivity contribution in [1.29, 1.82) is 0 Å². The Morgan fingerprint density at radius 3 is 2.32 bits per heavy atom. The SMILES string of the molecule is CCc1ccc2nc(-c3ccccc3)cc(C(F)(F)F)c2c1. The van der Waals surface area contributed by atoms with E-state index in [0.717, 1.165) is 11.6 Å². The van der Waals surface area contributed by atoms with Crippen LogP contribution in [0.3, 0.4) is 0 Å². The largest absolute Gasteiger partial charge is 0.417 e. The van der Waals surface area contributed by atoms with Gasteiger partial charge in [0.2, 0.25) is 0 Å². The van der Waals surface area contributed by atoms with Crippen LogP contribution in [-0.4, -0.2) is 4.98 Å². The number of benzene rings is 2. The van der Waals surface area contributed by atoms with E-state index >= 15 is 0 Å². The first-order valence-corrected chi connectivity index (χ1v) is 7.05. The maximum Gasteiger partial charge on any atom is 0.417 e. The molecule has 0 aliphatic heterocycles. The highest BCUT2D eigenvalue weighted by Crippen LogP contribution is 2.37. The maximum atomic E-state index is 13.4. The van der Waals surface area contributed by atoms with Gasteiger partial charge >= 0.3 is 6.18 Å². The van der Waals surface area contributed by atoms with Gasteiger partial charge in [-0.25, -0.2) is 4.98 Å². The van der Waals surface area contributed by atoms with Gasteiger partial charge in [0.15, 0.2) is 0 Å². The average molecular weight is 301 g/mol. The normalized spacial score (nSPS) is 11.8. The van der Waals surface area contributed by atoms with Crippen LogP contribution in [0.2, 0.25) is 0 Å². The van der Waals surface area contributed by atoms with Crippen LogP contribution in [0, 0.1) is 0 Å². The number of fused-ring (bicyclic) bond motifs is 1. The lowest BCUT2D eigenvalue weighted by atomic mass is 10.0. The van der Waals surface area contributed by atoms with E-state index in [2.05, 4.69) is 4.98 Å². The molecule has 0 atom stereocenters. The first-order valence-electron chi connectivity index (χ1n) is 7.05. The van der Waals surface area contributed by atoms with Crippen LogP contribution < -0.4 is 0 Å². The van der Waals surface area contributed by atoms with Gasteiger partial charge in [-0.05, 0) is 30.2 Å². The molecule has 0 aliphatic carbocycles. The van der Waals surface area contributed by atoms with E-state index in [-0.39, 0.29) is 5.39 Å². The van der Waals surface area contributed by atoms with E-state index in [1.54, 1.807) is 36.4 Å². The number of nitrogens with zero attached hydrogens (tertiary/aromatic N) is 1. The number of aromatic nitrogens is 1. The Kier molecular flexibility index (Phi) is 3.61. The van der Waals surface area contributed by atoms with Gasteiger partial charge in [0.1, 0.15) is 0 Å². The molecule has 112 valence electrons. The lowest BCUT2D eigenvalue weighted by molar-refractivity contribution is -0.136. The fourth-order valence-electron chi connectivity index (χ4n) is 2.48. The molecule has 1 nitrogen and oxygen atoms in total. The molecule has 4 heteroatoms. The first-order chi connectivity index (χ1) is 10.5. The van der Waals surface area contributed by atoms with E-state index in [1.807, 2.05) is 19.1 Å². The van der Waals surface area contributed by atoms with Crippen LogP contribution in [0.25, 0.3) is 22.2 Å². The van der Waals surface area contributed by atoms with Gasteiger partial charge in [-0.1, -0.05) is 43.3 Å². The number of hydrogen-bond donors (Lipinski definition) is 0. The molecular formula is C18H14F3N. The lowest BCUT2D eigenvalue weighted by Gasteiger charge is -2.13. The lowest BCUT2D eigenvalue weighted by Crippen LogP contribution is -2.07. The van der Waals surface area contributed by atoms with Crippen molar-refractivity contribution >= 4 is 10.9 Å². The van der Waals surface area contributed by atoms with E-state index in [9.17, 15) is 13.2 Å². The Hall–Kier alpha value is -2.36. The van der Waals surface area contributed by atoms with Crippen LogP contribution in [0.15, 0.2) is 54.6 Å². The zero-order chi connectivity index (χ0) is 15.7. The smallest absolute Gasteiger partial charge is 0.248 e. The van der Waals surface area contributed by atoms with Crippen molar-refractivity contribution in [3.05, 3.63) is 65.7 Å². The second-order valence-electron chi connectivity index (χ2n) is 5.12. The summed E-state index contributed by atoms with van der Waals surface area (Å²) in [7, 11) is 0. The molecule has 0 bridgehead atoms. The van der Waals surface area contributed by atoms with Gasteiger partial charge in [0, 0.05) is 10.9 Å². The van der Waals surface area contributed by atoms with E-state index in [0.29, 0.717) is 23.2 Å². The van der Waals surface area contributed by atoms with Gasteiger partial charge < -0.3 is 0 Å². The Morgan fingerprint density at radius 2 is 1.68 bits per heavy atom. The molecule has 0 unspecified atom stereocenters. The fourth-order valence-corrected chi connectivity index (χ4v) is 2.48. The summed E-state index contributed by atoms with van der Waals surface area (Å²) >= 11 is 0. The second kappa shape index (κ2) is 5.44. The quantitative estimate of drug-likeness (QED) is 0.610. The molecule has 0 N–H and O–H groups in total. The zero-order valence-corrected chi connectivity index (χ0v) is 12.0. The molecule has 0 fully saturated rings. The van der Waals surface area contributed by atoms with Gasteiger partial charge in [-0.2, -0.15) is 13.2 Å². The van der Waals surface area contributed by atoms with Gasteiger partial charge in [-0.3, -0.25) is 0 Å². The molecule has 0 radical (unpaired) electrons. The maximum absolute atomic E-state index is 13.4. The summed E-state index contributed by atoms with van der Waals surface area (Å²) in [6, 6.07) is 15.1. The number of pyridine rings is 1. The monoisotopic (exact) mass is 301 g/mol. The predicted molar refractivity (Wildman–Crippen MR) is 81.6 cm³/mol. The second-order valence-corrected chi connectivity index (χ2v) is 5.12. The van der Waals surface area contributed by atoms with E-state index in [1.165, 1.54) is 0 Å². The Labute approximate surface area is 126 Å². The van der Waals surface area contributed by atoms with Crippen molar-refractivity contribution in [2.24, 2.45) is 0 Å². The molecule has 0 amide bonds. The summed E-state index contributed by atoms with van der Waals surface area (Å²) in [4.78, 5) is 4.40. The van der Waals surface area contributed by atoms with Crippen molar-refractivity contribution < 1.29 is 13.2 Å². The molecule has 3 aromatic rings. The highest BCUT2D eigenvalue weighted by Gasteiger charge is 2.33. The van der Waals surface area contributed by atoms with Crippen LogP contribution in [0.5, 0.6) is 0 Å². The minimum atomic E-state index is -4.41. The summed E-state index contributed by atoms with van der Waals surface area (Å²) in [5.74, 6) is 0. The molecule has 2 aromatic carbocycles. The van der Waals surface area contributed by atoms with Crippen molar-refractivity contribution in [2.75, 3.05) is 0 Å². The zero-order valence-electron chi connectivity index (χ0n) is 12.0. The minimum Gasteiger partial charge on any atom is -0.248 e. The van der Waals surface area contributed by atoms with E-state index in [4.69, 9.17) is 0 Å². The molecule has 22 heavy (non-hydrogen) atoms. The number of alkyl halides is 3. The number of hydrogen-bond acceptors (Lipinski definition) is 1. The highest BCUT2D eigenvalue weighted by molar-refractivity contribution is 5.86. The molecular weight excluding hydrogens is 287 g/mol. The predicted octanol–water partition coefficient (Wildman–Crippen LogP) is 5.48.